The van der Waals surface area contributed by atoms with E-state index in [0.29, 0.717) is 5.82 Å². The molecule has 2 heterocycles. The van der Waals surface area contributed by atoms with Crippen molar-refractivity contribution in [2.75, 3.05) is 5.43 Å². The number of hydrogen-bond donors (Lipinski definition) is 3. The number of carbonyl (C=O) groups is 1. The van der Waals surface area contributed by atoms with Gasteiger partial charge in [-0.3, -0.25) is 15.6 Å². The molecule has 1 amide bonds. The summed E-state index contributed by atoms with van der Waals surface area (Å²) >= 11 is 1.54. The molecule has 4 N–H and O–H groups in total. The number of aromatic nitrogens is 2. The Kier molecular flexibility index (Phi) is 4.84. The summed E-state index contributed by atoms with van der Waals surface area (Å²) in [7, 11) is 0. The van der Waals surface area contributed by atoms with Crippen molar-refractivity contribution in [3.8, 4) is 0 Å². The molecule has 6 nitrogen and oxygen atoms in total. The lowest BCUT2D eigenvalue weighted by atomic mass is 9.87. The number of thiophene rings is 1. The average molecular weight is 319 g/mol. The van der Waals surface area contributed by atoms with Crippen molar-refractivity contribution in [2.24, 2.45) is 11.7 Å². The van der Waals surface area contributed by atoms with Gasteiger partial charge in [-0.05, 0) is 24.3 Å². The summed E-state index contributed by atoms with van der Waals surface area (Å²) < 4.78 is 0.935. The quantitative estimate of drug-likeness (QED) is 0.756. The van der Waals surface area contributed by atoms with Crippen molar-refractivity contribution in [1.82, 2.24) is 15.4 Å². The highest BCUT2D eigenvalue weighted by Crippen LogP contribution is 2.25. The summed E-state index contributed by atoms with van der Waals surface area (Å²) in [6.45, 7) is 0. The van der Waals surface area contributed by atoms with Gasteiger partial charge < -0.3 is 5.73 Å². The highest BCUT2D eigenvalue weighted by atomic mass is 32.1. The number of nitrogens with zero attached hydrogens (tertiary/aromatic N) is 2. The molecule has 0 aliphatic heterocycles. The maximum absolute atomic E-state index is 12.4. The third kappa shape index (κ3) is 3.36. The molecule has 22 heavy (non-hydrogen) atoms. The minimum absolute atomic E-state index is 0.0438. The SMILES string of the molecule is N[C@H]1CCCCCC[C@H]1C(=O)NNc1ncnc2ccsc12. The van der Waals surface area contributed by atoms with Crippen LogP contribution in [0.2, 0.25) is 0 Å². The molecule has 2 aromatic rings. The van der Waals surface area contributed by atoms with E-state index in [4.69, 9.17) is 5.73 Å². The Morgan fingerprint density at radius 1 is 1.23 bits per heavy atom. The predicted octanol–water partition coefficient (Wildman–Crippen LogP) is 2.43. The molecule has 0 spiro atoms. The molecule has 1 aliphatic carbocycles. The first-order valence-corrected chi connectivity index (χ1v) is 8.63. The van der Waals surface area contributed by atoms with Gasteiger partial charge in [0.15, 0.2) is 5.82 Å². The van der Waals surface area contributed by atoms with Crippen molar-refractivity contribution >= 4 is 33.3 Å². The standard InChI is InChI=1S/C15H21N5OS/c16-11-6-4-2-1-3-5-10(11)15(21)20-19-14-13-12(7-8-22-13)17-9-18-14/h7-11H,1-6,16H2,(H,20,21)(H,17,18,19)/t10-,11+/m1/s1. The third-order valence-electron chi connectivity index (χ3n) is 4.20. The van der Waals surface area contributed by atoms with E-state index < -0.39 is 0 Å². The zero-order chi connectivity index (χ0) is 15.4. The minimum Gasteiger partial charge on any atom is -0.327 e. The molecule has 2 atom stereocenters. The van der Waals surface area contributed by atoms with Crippen molar-refractivity contribution in [3.63, 3.8) is 0 Å². The Bertz CT molecular complexity index is 644. The van der Waals surface area contributed by atoms with Gasteiger partial charge in [0.25, 0.3) is 0 Å². The molecular formula is C15H21N5OS. The van der Waals surface area contributed by atoms with Gasteiger partial charge in [0.2, 0.25) is 5.91 Å². The van der Waals surface area contributed by atoms with Crippen LogP contribution in [0.5, 0.6) is 0 Å². The number of hydrogen-bond acceptors (Lipinski definition) is 6. The van der Waals surface area contributed by atoms with Crippen LogP contribution in [-0.4, -0.2) is 21.9 Å². The third-order valence-corrected chi connectivity index (χ3v) is 5.11. The number of nitrogens with two attached hydrogens (primary N) is 1. The van der Waals surface area contributed by atoms with E-state index in [1.165, 1.54) is 19.2 Å². The van der Waals surface area contributed by atoms with E-state index in [9.17, 15) is 4.79 Å². The fourth-order valence-electron chi connectivity index (χ4n) is 2.93. The molecule has 2 aromatic heterocycles. The fourth-order valence-corrected chi connectivity index (χ4v) is 3.72. The summed E-state index contributed by atoms with van der Waals surface area (Å²) in [5, 5.41) is 1.96. The van der Waals surface area contributed by atoms with E-state index in [1.54, 1.807) is 11.3 Å². The second-order valence-electron chi connectivity index (χ2n) is 5.73. The molecule has 1 aliphatic rings. The van der Waals surface area contributed by atoms with E-state index in [1.807, 2.05) is 11.4 Å². The van der Waals surface area contributed by atoms with Crippen LogP contribution in [0.25, 0.3) is 10.2 Å². The molecule has 0 radical (unpaired) electrons. The van der Waals surface area contributed by atoms with Gasteiger partial charge in [-0.2, -0.15) is 0 Å². The first-order chi connectivity index (χ1) is 10.8. The maximum atomic E-state index is 12.4. The summed E-state index contributed by atoms with van der Waals surface area (Å²) in [6, 6.07) is 1.87. The summed E-state index contributed by atoms with van der Waals surface area (Å²) in [6.07, 6.45) is 7.84. The van der Waals surface area contributed by atoms with Crippen LogP contribution in [0.3, 0.4) is 0 Å². The van der Waals surface area contributed by atoms with Crippen molar-refractivity contribution in [3.05, 3.63) is 17.8 Å². The largest absolute Gasteiger partial charge is 0.327 e. The Morgan fingerprint density at radius 2 is 2.05 bits per heavy atom. The van der Waals surface area contributed by atoms with Gasteiger partial charge in [0, 0.05) is 6.04 Å². The number of rotatable bonds is 3. The predicted molar refractivity (Wildman–Crippen MR) is 88.3 cm³/mol. The minimum atomic E-state index is -0.131. The number of anilines is 1. The van der Waals surface area contributed by atoms with Crippen LogP contribution in [0.1, 0.15) is 38.5 Å². The fraction of sp³-hybridized carbons (Fsp3) is 0.533. The molecule has 7 heteroatoms. The van der Waals surface area contributed by atoms with E-state index in [0.717, 1.165) is 35.9 Å². The molecule has 1 saturated carbocycles. The molecule has 1 fully saturated rings. The van der Waals surface area contributed by atoms with Gasteiger partial charge >= 0.3 is 0 Å². The van der Waals surface area contributed by atoms with E-state index in [-0.39, 0.29) is 17.9 Å². The van der Waals surface area contributed by atoms with E-state index >= 15 is 0 Å². The number of fused-ring (bicyclic) bond motifs is 1. The molecular weight excluding hydrogens is 298 g/mol. The van der Waals surface area contributed by atoms with Gasteiger partial charge in [-0.15, -0.1) is 11.3 Å². The molecule has 0 unspecified atom stereocenters. The van der Waals surface area contributed by atoms with Crippen LogP contribution < -0.4 is 16.6 Å². The highest BCUT2D eigenvalue weighted by Gasteiger charge is 2.26. The highest BCUT2D eigenvalue weighted by molar-refractivity contribution is 7.17. The van der Waals surface area contributed by atoms with Crippen molar-refractivity contribution in [2.45, 2.75) is 44.6 Å². The number of hydrazine groups is 1. The van der Waals surface area contributed by atoms with E-state index in [2.05, 4.69) is 20.8 Å². The summed E-state index contributed by atoms with van der Waals surface area (Å²) in [5.41, 5.74) is 12.8. The zero-order valence-corrected chi connectivity index (χ0v) is 13.2. The monoisotopic (exact) mass is 319 g/mol. The molecule has 0 bridgehead atoms. The average Bonchev–Trinajstić information content (AvgIpc) is 2.98. The lowest BCUT2D eigenvalue weighted by Gasteiger charge is -2.25. The summed E-state index contributed by atoms with van der Waals surface area (Å²) in [4.78, 5) is 20.8. The lowest BCUT2D eigenvalue weighted by molar-refractivity contribution is -0.125. The van der Waals surface area contributed by atoms with Gasteiger partial charge in [0.05, 0.1) is 16.1 Å². The first-order valence-electron chi connectivity index (χ1n) is 7.75. The molecule has 3 rings (SSSR count). The molecule has 0 aromatic carbocycles. The Labute approximate surface area is 133 Å². The maximum Gasteiger partial charge on any atom is 0.243 e. The van der Waals surface area contributed by atoms with Crippen molar-refractivity contribution < 1.29 is 4.79 Å². The normalized spacial score (nSPS) is 22.8. The zero-order valence-electron chi connectivity index (χ0n) is 12.4. The number of amides is 1. The second kappa shape index (κ2) is 7.02. The second-order valence-corrected chi connectivity index (χ2v) is 6.65. The number of nitrogens with one attached hydrogen (secondary N) is 2. The van der Waals surface area contributed by atoms with Crippen LogP contribution in [0.15, 0.2) is 17.8 Å². The van der Waals surface area contributed by atoms with Crippen LogP contribution >= 0.6 is 11.3 Å². The van der Waals surface area contributed by atoms with Crippen LogP contribution in [-0.2, 0) is 4.79 Å². The summed E-state index contributed by atoms with van der Waals surface area (Å²) in [5.74, 6) is 0.457. The lowest BCUT2D eigenvalue weighted by Crippen LogP contribution is -2.44. The van der Waals surface area contributed by atoms with Gasteiger partial charge in [-0.1, -0.05) is 25.7 Å². The topological polar surface area (TPSA) is 92.9 Å². The Morgan fingerprint density at radius 3 is 2.91 bits per heavy atom. The van der Waals surface area contributed by atoms with Gasteiger partial charge in [0.1, 0.15) is 6.33 Å². The Hall–Kier alpha value is -1.73. The van der Waals surface area contributed by atoms with Crippen LogP contribution in [0.4, 0.5) is 5.82 Å². The smallest absolute Gasteiger partial charge is 0.243 e. The van der Waals surface area contributed by atoms with Crippen molar-refractivity contribution in [1.29, 1.82) is 0 Å². The van der Waals surface area contributed by atoms with Gasteiger partial charge in [-0.25, -0.2) is 9.97 Å². The molecule has 0 saturated heterocycles. The van der Waals surface area contributed by atoms with Crippen LogP contribution in [0, 0.1) is 5.92 Å². The first kappa shape index (κ1) is 15.2. The number of carbonyl (C=O) groups excluding carboxylic acids is 1. The Balaban J connectivity index is 1.64. The molecule has 118 valence electrons.